The van der Waals surface area contributed by atoms with Gasteiger partial charge in [0.05, 0.1) is 0 Å². The molecule has 0 saturated carbocycles. The van der Waals surface area contributed by atoms with E-state index in [1.807, 2.05) is 0 Å². The average Bonchev–Trinajstić information content (AvgIpc) is 2.46. The molecule has 0 spiro atoms. The van der Waals surface area contributed by atoms with Crippen LogP contribution in [0, 0.1) is 34.0 Å². The van der Waals surface area contributed by atoms with Crippen molar-refractivity contribution >= 4 is 5.69 Å². The van der Waals surface area contributed by atoms with E-state index in [1.165, 1.54) is 0 Å². The molecule has 1 aromatic carbocycles. The molecular formula is C14H10N4O. The van der Waals surface area contributed by atoms with Crippen molar-refractivity contribution in [2.45, 2.75) is 0 Å². The van der Waals surface area contributed by atoms with E-state index >= 15 is 0 Å². The van der Waals surface area contributed by atoms with E-state index in [0.29, 0.717) is 18.0 Å². The summed E-state index contributed by atoms with van der Waals surface area (Å²) >= 11 is 0. The Labute approximate surface area is 111 Å². The minimum atomic E-state index is -0.255. The van der Waals surface area contributed by atoms with Crippen LogP contribution in [0.4, 0.5) is 5.69 Å². The molecule has 0 bridgehead atoms. The summed E-state index contributed by atoms with van der Waals surface area (Å²) in [5.41, 5.74) is 0.254. The quantitative estimate of drug-likeness (QED) is 0.640. The summed E-state index contributed by atoms with van der Waals surface area (Å²) in [5.74, 6) is 0.661. The SMILES string of the molecule is C=CCOc1ccc(NC(C#N)=C(C#N)C#N)cc1. The second kappa shape index (κ2) is 7.17. The fourth-order valence-corrected chi connectivity index (χ4v) is 1.22. The van der Waals surface area contributed by atoms with Crippen LogP contribution in [0.3, 0.4) is 0 Å². The Bertz CT molecular complexity index is 593. The number of nitriles is 3. The Balaban J connectivity index is 2.87. The molecule has 0 fully saturated rings. The summed E-state index contributed by atoms with van der Waals surface area (Å²) in [6.45, 7) is 3.95. The molecule has 0 heterocycles. The molecule has 19 heavy (non-hydrogen) atoms. The van der Waals surface area contributed by atoms with Crippen molar-refractivity contribution in [2.24, 2.45) is 0 Å². The van der Waals surface area contributed by atoms with E-state index in [0.717, 1.165) is 0 Å². The Morgan fingerprint density at radius 3 is 2.26 bits per heavy atom. The van der Waals surface area contributed by atoms with Gasteiger partial charge < -0.3 is 10.1 Å². The van der Waals surface area contributed by atoms with Gasteiger partial charge in [-0.3, -0.25) is 0 Å². The maximum atomic E-state index is 8.88. The highest BCUT2D eigenvalue weighted by Crippen LogP contribution is 2.17. The van der Waals surface area contributed by atoms with Gasteiger partial charge in [-0.15, -0.1) is 0 Å². The number of hydrogen-bond donors (Lipinski definition) is 1. The summed E-state index contributed by atoms with van der Waals surface area (Å²) in [5, 5.41) is 29.0. The third kappa shape index (κ3) is 3.93. The maximum absolute atomic E-state index is 8.88. The molecule has 5 nitrogen and oxygen atoms in total. The van der Waals surface area contributed by atoms with Crippen LogP contribution in [0.5, 0.6) is 5.75 Å². The minimum Gasteiger partial charge on any atom is -0.490 e. The van der Waals surface area contributed by atoms with E-state index in [9.17, 15) is 0 Å². The smallest absolute Gasteiger partial charge is 0.163 e. The van der Waals surface area contributed by atoms with Crippen molar-refractivity contribution in [3.05, 3.63) is 48.2 Å². The Kier molecular flexibility index (Phi) is 5.22. The van der Waals surface area contributed by atoms with Gasteiger partial charge in [-0.25, -0.2) is 0 Å². The van der Waals surface area contributed by atoms with E-state index < -0.39 is 0 Å². The van der Waals surface area contributed by atoms with Gasteiger partial charge in [-0.1, -0.05) is 12.7 Å². The highest BCUT2D eigenvalue weighted by Gasteiger charge is 2.05. The van der Waals surface area contributed by atoms with Gasteiger partial charge in [-0.05, 0) is 24.3 Å². The predicted molar refractivity (Wildman–Crippen MR) is 69.6 cm³/mol. The number of hydrogen-bond acceptors (Lipinski definition) is 5. The Morgan fingerprint density at radius 1 is 1.16 bits per heavy atom. The topological polar surface area (TPSA) is 92.6 Å². The number of nitrogens with zero attached hydrogens (tertiary/aromatic N) is 3. The fourth-order valence-electron chi connectivity index (χ4n) is 1.22. The fraction of sp³-hybridized carbons (Fsp3) is 0.0714. The molecule has 1 aromatic rings. The summed E-state index contributed by atoms with van der Waals surface area (Å²) in [4.78, 5) is 0. The van der Waals surface area contributed by atoms with E-state index in [4.69, 9.17) is 20.5 Å². The molecular weight excluding hydrogens is 240 g/mol. The van der Waals surface area contributed by atoms with Crippen molar-refractivity contribution in [2.75, 3.05) is 11.9 Å². The first-order chi connectivity index (χ1) is 9.24. The van der Waals surface area contributed by atoms with Crippen molar-refractivity contribution in [3.8, 4) is 24.0 Å². The van der Waals surface area contributed by atoms with Crippen LogP contribution >= 0.6 is 0 Å². The highest BCUT2D eigenvalue weighted by molar-refractivity contribution is 5.58. The van der Waals surface area contributed by atoms with Gasteiger partial charge in [0.25, 0.3) is 0 Å². The van der Waals surface area contributed by atoms with Gasteiger partial charge in [-0.2, -0.15) is 15.8 Å². The molecule has 0 aliphatic rings. The van der Waals surface area contributed by atoms with Gasteiger partial charge in [0.2, 0.25) is 0 Å². The zero-order valence-corrected chi connectivity index (χ0v) is 10.1. The first-order valence-electron chi connectivity index (χ1n) is 5.30. The summed E-state index contributed by atoms with van der Waals surface area (Å²) < 4.78 is 5.30. The summed E-state index contributed by atoms with van der Waals surface area (Å²) in [6, 6.07) is 11.9. The Morgan fingerprint density at radius 2 is 1.79 bits per heavy atom. The molecule has 1 N–H and O–H groups in total. The molecule has 0 atom stereocenters. The molecule has 0 unspecified atom stereocenters. The third-order valence-electron chi connectivity index (χ3n) is 2.08. The van der Waals surface area contributed by atoms with Crippen molar-refractivity contribution < 1.29 is 4.74 Å². The third-order valence-corrected chi connectivity index (χ3v) is 2.08. The lowest BCUT2D eigenvalue weighted by atomic mass is 10.2. The van der Waals surface area contributed by atoms with Crippen LogP contribution in [0.15, 0.2) is 48.2 Å². The second-order valence-electron chi connectivity index (χ2n) is 3.33. The van der Waals surface area contributed by atoms with E-state index in [-0.39, 0.29) is 11.3 Å². The first kappa shape index (κ1) is 13.8. The second-order valence-corrected chi connectivity index (χ2v) is 3.33. The van der Waals surface area contributed by atoms with Crippen LogP contribution < -0.4 is 10.1 Å². The average molecular weight is 250 g/mol. The standard InChI is InChI=1S/C14H10N4O/c1-2-7-19-13-5-3-12(4-6-13)18-14(10-17)11(8-15)9-16/h2-6,18H,1,7H2. The molecule has 1 rings (SSSR count). The largest absolute Gasteiger partial charge is 0.490 e. The van der Waals surface area contributed by atoms with Gasteiger partial charge in [0, 0.05) is 5.69 Å². The van der Waals surface area contributed by atoms with Gasteiger partial charge >= 0.3 is 0 Å². The minimum absolute atomic E-state index is 0.0789. The number of allylic oxidation sites excluding steroid dienone is 2. The van der Waals surface area contributed by atoms with E-state index in [2.05, 4.69) is 11.9 Å². The number of benzene rings is 1. The first-order valence-corrected chi connectivity index (χ1v) is 5.30. The number of nitrogens with one attached hydrogen (secondary N) is 1. The number of ether oxygens (including phenoxy) is 1. The molecule has 0 aromatic heterocycles. The lowest BCUT2D eigenvalue weighted by Crippen LogP contribution is -2.00. The summed E-state index contributed by atoms with van der Waals surface area (Å²) in [6.07, 6.45) is 1.63. The highest BCUT2D eigenvalue weighted by atomic mass is 16.5. The molecule has 0 amide bonds. The molecule has 0 aliphatic heterocycles. The zero-order valence-electron chi connectivity index (χ0n) is 10.1. The van der Waals surface area contributed by atoms with Crippen LogP contribution in [-0.4, -0.2) is 6.61 Å². The van der Waals surface area contributed by atoms with Crippen molar-refractivity contribution in [1.29, 1.82) is 15.8 Å². The number of anilines is 1. The molecule has 5 heteroatoms. The predicted octanol–water partition coefficient (Wildman–Crippen LogP) is 2.49. The molecule has 0 aliphatic carbocycles. The van der Waals surface area contributed by atoms with Gasteiger partial charge in [0.15, 0.2) is 5.57 Å². The summed E-state index contributed by atoms with van der Waals surface area (Å²) in [7, 11) is 0. The molecule has 0 radical (unpaired) electrons. The van der Waals surface area contributed by atoms with Gasteiger partial charge in [0.1, 0.15) is 36.3 Å². The van der Waals surface area contributed by atoms with Crippen molar-refractivity contribution in [3.63, 3.8) is 0 Å². The van der Waals surface area contributed by atoms with Crippen LogP contribution in [0.25, 0.3) is 0 Å². The maximum Gasteiger partial charge on any atom is 0.163 e. The van der Waals surface area contributed by atoms with E-state index in [1.54, 1.807) is 48.5 Å². The lowest BCUT2D eigenvalue weighted by Gasteiger charge is -2.06. The Hall–Kier alpha value is -3.23. The number of rotatable bonds is 5. The normalized spacial score (nSPS) is 8.26. The van der Waals surface area contributed by atoms with Crippen LogP contribution in [0.1, 0.15) is 0 Å². The monoisotopic (exact) mass is 250 g/mol. The van der Waals surface area contributed by atoms with Crippen LogP contribution in [0.2, 0.25) is 0 Å². The van der Waals surface area contributed by atoms with Crippen molar-refractivity contribution in [1.82, 2.24) is 0 Å². The lowest BCUT2D eigenvalue weighted by molar-refractivity contribution is 0.363. The molecule has 0 saturated heterocycles. The van der Waals surface area contributed by atoms with Crippen LogP contribution in [-0.2, 0) is 0 Å². The molecule has 92 valence electrons. The zero-order chi connectivity index (χ0) is 14.1.